The van der Waals surface area contributed by atoms with E-state index in [9.17, 15) is 0 Å². The largest absolute Gasteiger partial charge is 0.331 e. The molecule has 4 aromatic heterocycles. The zero-order valence-corrected chi connectivity index (χ0v) is 32.6. The maximum atomic E-state index is 5.18. The van der Waals surface area contributed by atoms with Gasteiger partial charge in [-0.25, -0.2) is 4.98 Å². The number of pyridine rings is 2. The minimum atomic E-state index is -0.0667. The fourth-order valence-electron chi connectivity index (χ4n) is 6.64. The molecule has 0 fully saturated rings. The molecule has 0 unspecified atom stereocenters. The van der Waals surface area contributed by atoms with Crippen LogP contribution in [0.5, 0.6) is 0 Å². The van der Waals surface area contributed by atoms with Crippen LogP contribution in [0, 0.1) is 19.1 Å². The Kier molecular flexibility index (Phi) is 9.98. The molecule has 0 bridgehead atoms. The first-order valence-corrected chi connectivity index (χ1v) is 17.9. The first-order valence-electron chi connectivity index (χ1n) is 17.1. The molecular weight excluding hydrogens is 833 g/mol. The Morgan fingerprint density at radius 3 is 2.17 bits per heavy atom. The van der Waals surface area contributed by atoms with E-state index in [0.717, 1.165) is 39.5 Å². The molecule has 0 saturated carbocycles. The predicted molar refractivity (Wildman–Crippen MR) is 213 cm³/mol. The van der Waals surface area contributed by atoms with Crippen molar-refractivity contribution in [2.75, 3.05) is 0 Å². The van der Waals surface area contributed by atoms with Crippen molar-refractivity contribution in [1.29, 1.82) is 0 Å². The molecule has 9 rings (SSSR count). The normalized spacial score (nSPS) is 11.3. The number of imidazole rings is 1. The molecule has 5 aromatic carbocycles. The second-order valence-electron chi connectivity index (χ2n) is 13.6. The van der Waals surface area contributed by atoms with Crippen LogP contribution in [0.2, 0.25) is 0 Å². The average molecular weight is 869 g/mol. The molecular formula is C46H36IrN4S-2. The molecule has 0 aliphatic rings. The molecule has 1 radical (unpaired) electrons. The summed E-state index contributed by atoms with van der Waals surface area (Å²) in [5.74, 6) is 0.875. The number of rotatable bonds is 4. The van der Waals surface area contributed by atoms with Crippen LogP contribution in [0.1, 0.15) is 31.9 Å². The first kappa shape index (κ1) is 35.2. The molecule has 0 spiro atoms. The summed E-state index contributed by atoms with van der Waals surface area (Å²) < 4.78 is 4.76. The second kappa shape index (κ2) is 14.8. The average Bonchev–Trinajstić information content (AvgIpc) is 3.76. The van der Waals surface area contributed by atoms with E-state index in [2.05, 4.69) is 140 Å². The van der Waals surface area contributed by atoms with Gasteiger partial charge in [-0.1, -0.05) is 111 Å². The quantitative estimate of drug-likeness (QED) is 0.166. The fourth-order valence-corrected chi connectivity index (χ4v) is 7.95. The summed E-state index contributed by atoms with van der Waals surface area (Å²) in [6, 6.07) is 52.6. The van der Waals surface area contributed by atoms with Crippen molar-refractivity contribution in [3.8, 4) is 39.5 Å². The fraction of sp³-hybridized carbons (Fsp3) is 0.109. The SMILES string of the molecule is Cc1c[c-]c(-c2nc3nccc(C(C)(C)C)c3n2-c2ccccc2)c2sc3cc(-c4ccccc4)ccc3c12.[Ir].[c-]1ccccc1-c1ccccn1. The Morgan fingerprint density at radius 2 is 1.46 bits per heavy atom. The molecule has 0 aliphatic heterocycles. The Labute approximate surface area is 322 Å². The van der Waals surface area contributed by atoms with Gasteiger partial charge in [0, 0.05) is 42.9 Å². The molecule has 257 valence electrons. The Hall–Kier alpha value is -5.26. The van der Waals surface area contributed by atoms with Crippen LogP contribution in [-0.4, -0.2) is 19.5 Å². The van der Waals surface area contributed by atoms with Gasteiger partial charge in [0.05, 0.1) is 11.3 Å². The number of aromatic nitrogens is 4. The van der Waals surface area contributed by atoms with E-state index in [0.29, 0.717) is 0 Å². The van der Waals surface area contributed by atoms with E-state index in [1.165, 1.54) is 42.4 Å². The maximum absolute atomic E-state index is 5.18. The number of fused-ring (bicyclic) bond motifs is 4. The smallest absolute Gasteiger partial charge is 0.168 e. The summed E-state index contributed by atoms with van der Waals surface area (Å²) in [7, 11) is 0. The van der Waals surface area contributed by atoms with Gasteiger partial charge in [0.1, 0.15) is 0 Å². The van der Waals surface area contributed by atoms with Gasteiger partial charge < -0.3 is 9.55 Å². The number of aryl methyl sites for hydroxylation is 1. The van der Waals surface area contributed by atoms with Crippen LogP contribution >= 0.6 is 11.3 Å². The van der Waals surface area contributed by atoms with Crippen molar-refractivity contribution < 1.29 is 20.1 Å². The maximum Gasteiger partial charge on any atom is 0.168 e. The summed E-state index contributed by atoms with van der Waals surface area (Å²) in [6.45, 7) is 8.92. The molecule has 4 heterocycles. The number of thiophene rings is 1. The van der Waals surface area contributed by atoms with E-state index in [4.69, 9.17) is 9.97 Å². The van der Waals surface area contributed by atoms with Crippen molar-refractivity contribution in [2.45, 2.75) is 33.1 Å². The van der Waals surface area contributed by atoms with E-state index in [1.807, 2.05) is 60.0 Å². The van der Waals surface area contributed by atoms with Crippen LogP contribution in [-0.2, 0) is 25.5 Å². The monoisotopic (exact) mass is 869 g/mol. The number of nitrogens with zero attached hydrogens (tertiary/aromatic N) is 4. The summed E-state index contributed by atoms with van der Waals surface area (Å²) in [6.07, 6.45) is 3.67. The third kappa shape index (κ3) is 6.73. The molecule has 0 N–H and O–H groups in total. The van der Waals surface area contributed by atoms with E-state index >= 15 is 0 Å². The van der Waals surface area contributed by atoms with Crippen LogP contribution in [0.3, 0.4) is 0 Å². The van der Waals surface area contributed by atoms with Crippen LogP contribution < -0.4 is 0 Å². The van der Waals surface area contributed by atoms with E-state index in [-0.39, 0.29) is 25.5 Å². The van der Waals surface area contributed by atoms with Crippen molar-refractivity contribution >= 4 is 42.7 Å². The standard InChI is InChI=1S/C35H28N3S.C11H8N.Ir/c1-22-15-17-27(32-30(22)26-18-16-24(21-29(26)39-32)23-11-7-5-8-12-23)34-37-33-31(28(19-20-36-33)35(2,3)4)38(34)25-13-9-6-10-14-25;1-2-6-10(7-3-1)11-8-4-5-9-12-11;/h5-16,18-21H,1-4H3;1-6,8-9H;/q2*-1;. The topological polar surface area (TPSA) is 43.6 Å². The van der Waals surface area contributed by atoms with Crippen molar-refractivity contribution in [3.05, 3.63) is 169 Å². The minimum absolute atomic E-state index is 0. The molecule has 6 heteroatoms. The Bertz CT molecular complexity index is 2570. The third-order valence-corrected chi connectivity index (χ3v) is 10.3. The summed E-state index contributed by atoms with van der Waals surface area (Å²) >= 11 is 1.82. The molecule has 9 aromatic rings. The van der Waals surface area contributed by atoms with E-state index < -0.39 is 0 Å². The van der Waals surface area contributed by atoms with Gasteiger partial charge in [0.2, 0.25) is 0 Å². The zero-order valence-electron chi connectivity index (χ0n) is 29.4. The molecule has 0 atom stereocenters. The van der Waals surface area contributed by atoms with E-state index in [1.54, 1.807) is 6.20 Å². The van der Waals surface area contributed by atoms with Gasteiger partial charge in [-0.3, -0.25) is 4.98 Å². The molecule has 0 saturated heterocycles. The third-order valence-electron chi connectivity index (χ3n) is 9.10. The van der Waals surface area contributed by atoms with Crippen molar-refractivity contribution in [1.82, 2.24) is 19.5 Å². The van der Waals surface area contributed by atoms with Crippen LogP contribution in [0.25, 0.3) is 70.8 Å². The minimum Gasteiger partial charge on any atom is -0.331 e. The predicted octanol–water partition coefficient (Wildman–Crippen LogP) is 12.1. The van der Waals surface area contributed by atoms with Gasteiger partial charge in [-0.15, -0.1) is 53.6 Å². The summed E-state index contributed by atoms with van der Waals surface area (Å²) in [5, 5.41) is 2.55. The van der Waals surface area contributed by atoms with Gasteiger partial charge in [-0.2, -0.15) is 11.3 Å². The zero-order chi connectivity index (χ0) is 35.0. The molecule has 0 aliphatic carbocycles. The van der Waals surface area contributed by atoms with Crippen LogP contribution in [0.4, 0.5) is 0 Å². The second-order valence-corrected chi connectivity index (χ2v) is 14.7. The number of para-hydroxylation sites is 1. The summed E-state index contributed by atoms with van der Waals surface area (Å²) in [4.78, 5) is 14.1. The number of hydrogen-bond acceptors (Lipinski definition) is 4. The molecule has 4 nitrogen and oxygen atoms in total. The van der Waals surface area contributed by atoms with Gasteiger partial charge >= 0.3 is 0 Å². The Balaban J connectivity index is 0.000000275. The van der Waals surface area contributed by atoms with Gasteiger partial charge in [0.25, 0.3) is 0 Å². The Morgan fingerprint density at radius 1 is 0.712 bits per heavy atom. The van der Waals surface area contributed by atoms with Crippen LogP contribution in [0.15, 0.2) is 146 Å². The number of benzene rings is 5. The van der Waals surface area contributed by atoms with Crippen molar-refractivity contribution in [2.24, 2.45) is 0 Å². The number of hydrogen-bond donors (Lipinski definition) is 0. The first-order chi connectivity index (χ1) is 24.9. The molecule has 52 heavy (non-hydrogen) atoms. The summed E-state index contributed by atoms with van der Waals surface area (Å²) in [5.41, 5.74) is 10.8. The van der Waals surface area contributed by atoms with Crippen molar-refractivity contribution in [3.63, 3.8) is 0 Å². The molecule has 0 amide bonds. The van der Waals surface area contributed by atoms with Gasteiger partial charge in [-0.05, 0) is 68.2 Å². The van der Waals surface area contributed by atoms with Gasteiger partial charge in [0.15, 0.2) is 5.65 Å².